The maximum Gasteiger partial charge on any atom is 0.0267 e. The van der Waals surface area contributed by atoms with Crippen molar-refractivity contribution in [2.45, 2.75) is 25.8 Å². The van der Waals surface area contributed by atoms with Crippen LogP contribution in [0.15, 0.2) is 60.9 Å². The van der Waals surface area contributed by atoms with Crippen LogP contribution in [0, 0.1) is 0 Å². The zero-order valence-corrected chi connectivity index (χ0v) is 11.4. The quantitative estimate of drug-likeness (QED) is 0.811. The van der Waals surface area contributed by atoms with Crippen LogP contribution in [0.25, 0.3) is 0 Å². The van der Waals surface area contributed by atoms with E-state index in [1.165, 1.54) is 37.9 Å². The lowest BCUT2D eigenvalue weighted by Crippen LogP contribution is -2.28. The molecule has 0 atom stereocenters. The fraction of sp³-hybridized carbons (Fsp3) is 0.353. The molecular weight excluding hydrogens is 232 g/mol. The lowest BCUT2D eigenvalue weighted by atomic mass is 10.1. The van der Waals surface area contributed by atoms with Crippen molar-refractivity contribution in [2.75, 3.05) is 13.1 Å². The summed E-state index contributed by atoms with van der Waals surface area (Å²) in [5.74, 6) is 0. The molecule has 0 saturated carbocycles. The highest BCUT2D eigenvalue weighted by molar-refractivity contribution is 5.14. The molecule has 3 rings (SSSR count). The van der Waals surface area contributed by atoms with Gasteiger partial charge in [-0.05, 0) is 43.6 Å². The molecule has 2 heteroatoms. The normalized spacial score (nSPS) is 15.4. The van der Waals surface area contributed by atoms with E-state index in [0.717, 1.165) is 6.54 Å². The first kappa shape index (κ1) is 13.8. The SMILES string of the molecule is c1ccc(CN2CCCCC2)cc1.c1ccncc1. The standard InChI is InChI=1S/C12H17N.C5H5N/c1-3-7-12(8-4-1)11-13-9-5-2-6-10-13;1-2-4-6-5-3-1/h1,3-4,7-8H,2,5-6,9-11H2;1-5H. The van der Waals surface area contributed by atoms with E-state index in [1.54, 1.807) is 12.4 Å². The van der Waals surface area contributed by atoms with Gasteiger partial charge in [0.2, 0.25) is 0 Å². The molecule has 0 bridgehead atoms. The van der Waals surface area contributed by atoms with Crippen molar-refractivity contribution in [1.29, 1.82) is 0 Å². The molecule has 2 heterocycles. The van der Waals surface area contributed by atoms with Crippen LogP contribution in [0.3, 0.4) is 0 Å². The first-order valence-corrected chi connectivity index (χ1v) is 7.06. The number of aromatic nitrogens is 1. The molecule has 0 unspecified atom stereocenters. The maximum atomic E-state index is 3.78. The van der Waals surface area contributed by atoms with Gasteiger partial charge in [0.05, 0.1) is 0 Å². The summed E-state index contributed by atoms with van der Waals surface area (Å²) in [6.45, 7) is 3.71. The highest BCUT2D eigenvalue weighted by atomic mass is 15.1. The van der Waals surface area contributed by atoms with E-state index >= 15 is 0 Å². The Bertz CT molecular complexity index is 395. The van der Waals surface area contributed by atoms with Crippen molar-refractivity contribution in [3.05, 3.63) is 66.5 Å². The van der Waals surface area contributed by atoms with Gasteiger partial charge in [-0.1, -0.05) is 42.8 Å². The molecule has 19 heavy (non-hydrogen) atoms. The van der Waals surface area contributed by atoms with E-state index in [9.17, 15) is 0 Å². The van der Waals surface area contributed by atoms with Crippen LogP contribution < -0.4 is 0 Å². The number of pyridine rings is 1. The molecule has 1 aliphatic heterocycles. The third-order valence-electron chi connectivity index (χ3n) is 3.26. The zero-order valence-electron chi connectivity index (χ0n) is 11.4. The van der Waals surface area contributed by atoms with Crippen molar-refractivity contribution in [2.24, 2.45) is 0 Å². The van der Waals surface area contributed by atoms with E-state index in [-0.39, 0.29) is 0 Å². The Hall–Kier alpha value is -1.67. The van der Waals surface area contributed by atoms with Gasteiger partial charge in [-0.15, -0.1) is 0 Å². The second kappa shape index (κ2) is 8.44. The smallest absolute Gasteiger partial charge is 0.0267 e. The number of hydrogen-bond donors (Lipinski definition) is 0. The average molecular weight is 254 g/mol. The summed E-state index contributed by atoms with van der Waals surface area (Å²) < 4.78 is 0. The average Bonchev–Trinajstić information content (AvgIpc) is 2.52. The van der Waals surface area contributed by atoms with Gasteiger partial charge in [0.1, 0.15) is 0 Å². The molecule has 0 spiro atoms. The van der Waals surface area contributed by atoms with Gasteiger partial charge in [-0.3, -0.25) is 9.88 Å². The molecule has 1 aromatic carbocycles. The second-order valence-electron chi connectivity index (χ2n) is 4.85. The predicted molar refractivity (Wildman–Crippen MR) is 79.8 cm³/mol. The second-order valence-corrected chi connectivity index (χ2v) is 4.85. The summed E-state index contributed by atoms with van der Waals surface area (Å²) in [6, 6.07) is 16.5. The first-order chi connectivity index (χ1) is 9.45. The summed E-state index contributed by atoms with van der Waals surface area (Å²) >= 11 is 0. The Morgan fingerprint density at radius 3 is 1.95 bits per heavy atom. The lowest BCUT2D eigenvalue weighted by molar-refractivity contribution is 0.221. The van der Waals surface area contributed by atoms with Crippen LogP contribution in [-0.4, -0.2) is 23.0 Å². The number of likely N-dealkylation sites (tertiary alicyclic amines) is 1. The largest absolute Gasteiger partial charge is 0.299 e. The molecule has 0 amide bonds. The third kappa shape index (κ3) is 5.66. The van der Waals surface area contributed by atoms with E-state index in [2.05, 4.69) is 40.2 Å². The molecule has 1 aromatic heterocycles. The Kier molecular flexibility index (Phi) is 6.11. The van der Waals surface area contributed by atoms with Crippen molar-refractivity contribution in [3.63, 3.8) is 0 Å². The highest BCUT2D eigenvalue weighted by Crippen LogP contribution is 2.12. The van der Waals surface area contributed by atoms with Gasteiger partial charge in [0.15, 0.2) is 0 Å². The summed E-state index contributed by atoms with van der Waals surface area (Å²) in [5, 5.41) is 0. The minimum absolute atomic E-state index is 1.14. The van der Waals surface area contributed by atoms with E-state index in [0.29, 0.717) is 0 Å². The van der Waals surface area contributed by atoms with E-state index in [1.807, 2.05) is 18.2 Å². The Morgan fingerprint density at radius 1 is 0.789 bits per heavy atom. The van der Waals surface area contributed by atoms with Gasteiger partial charge in [0.25, 0.3) is 0 Å². The summed E-state index contributed by atoms with van der Waals surface area (Å²) in [6.07, 6.45) is 7.69. The van der Waals surface area contributed by atoms with Crippen molar-refractivity contribution < 1.29 is 0 Å². The summed E-state index contributed by atoms with van der Waals surface area (Å²) in [7, 11) is 0. The molecule has 2 aromatic rings. The minimum atomic E-state index is 1.14. The lowest BCUT2D eigenvalue weighted by Gasteiger charge is -2.26. The number of nitrogens with zero attached hydrogens (tertiary/aromatic N) is 2. The molecule has 0 aliphatic carbocycles. The van der Waals surface area contributed by atoms with E-state index < -0.39 is 0 Å². The van der Waals surface area contributed by atoms with Crippen LogP contribution in [-0.2, 0) is 6.54 Å². The highest BCUT2D eigenvalue weighted by Gasteiger charge is 2.09. The van der Waals surface area contributed by atoms with Crippen molar-refractivity contribution in [3.8, 4) is 0 Å². The fourth-order valence-electron chi connectivity index (χ4n) is 2.27. The van der Waals surface area contributed by atoms with Crippen LogP contribution in [0.5, 0.6) is 0 Å². The van der Waals surface area contributed by atoms with Crippen LogP contribution in [0.1, 0.15) is 24.8 Å². The van der Waals surface area contributed by atoms with Gasteiger partial charge in [-0.25, -0.2) is 0 Å². The van der Waals surface area contributed by atoms with Gasteiger partial charge in [0, 0.05) is 18.9 Å². The molecular formula is C17H22N2. The molecule has 1 fully saturated rings. The topological polar surface area (TPSA) is 16.1 Å². The Labute approximate surface area is 116 Å². The molecule has 100 valence electrons. The third-order valence-corrected chi connectivity index (χ3v) is 3.26. The van der Waals surface area contributed by atoms with Gasteiger partial charge >= 0.3 is 0 Å². The van der Waals surface area contributed by atoms with Crippen molar-refractivity contribution >= 4 is 0 Å². The number of rotatable bonds is 2. The monoisotopic (exact) mass is 254 g/mol. The minimum Gasteiger partial charge on any atom is -0.299 e. The first-order valence-electron chi connectivity index (χ1n) is 7.06. The zero-order chi connectivity index (χ0) is 13.2. The van der Waals surface area contributed by atoms with E-state index in [4.69, 9.17) is 0 Å². The van der Waals surface area contributed by atoms with Gasteiger partial charge < -0.3 is 0 Å². The molecule has 1 saturated heterocycles. The predicted octanol–water partition coefficient (Wildman–Crippen LogP) is 3.75. The number of piperidine rings is 1. The fourth-order valence-corrected chi connectivity index (χ4v) is 2.27. The number of hydrogen-bond acceptors (Lipinski definition) is 2. The Morgan fingerprint density at radius 2 is 1.42 bits per heavy atom. The molecule has 0 N–H and O–H groups in total. The van der Waals surface area contributed by atoms with Crippen LogP contribution >= 0.6 is 0 Å². The summed E-state index contributed by atoms with van der Waals surface area (Å²) in [5.41, 5.74) is 1.45. The molecule has 1 aliphatic rings. The van der Waals surface area contributed by atoms with Gasteiger partial charge in [-0.2, -0.15) is 0 Å². The molecule has 0 radical (unpaired) electrons. The summed E-state index contributed by atoms with van der Waals surface area (Å²) in [4.78, 5) is 6.34. The molecule has 2 nitrogen and oxygen atoms in total. The van der Waals surface area contributed by atoms with Crippen LogP contribution in [0.2, 0.25) is 0 Å². The van der Waals surface area contributed by atoms with Crippen molar-refractivity contribution in [1.82, 2.24) is 9.88 Å². The number of benzene rings is 1. The Balaban J connectivity index is 0.000000186. The van der Waals surface area contributed by atoms with Crippen LogP contribution in [0.4, 0.5) is 0 Å². The maximum absolute atomic E-state index is 3.78.